The van der Waals surface area contributed by atoms with E-state index in [1.54, 1.807) is 0 Å². The summed E-state index contributed by atoms with van der Waals surface area (Å²) in [6.45, 7) is 1.90. The van der Waals surface area contributed by atoms with Gasteiger partial charge in [0.25, 0.3) is 0 Å². The van der Waals surface area contributed by atoms with Gasteiger partial charge in [0.2, 0.25) is 5.91 Å². The molecule has 0 unspecified atom stereocenters. The summed E-state index contributed by atoms with van der Waals surface area (Å²) in [6, 6.07) is 7.46. The quantitative estimate of drug-likeness (QED) is 0.882. The molecule has 2 bridgehead atoms. The third-order valence-electron chi connectivity index (χ3n) is 4.26. The number of benzene rings is 1. The summed E-state index contributed by atoms with van der Waals surface area (Å²) in [5.41, 5.74) is 1.68. The number of anilines is 1. The molecule has 5 nitrogen and oxygen atoms in total. The molecule has 5 heteroatoms. The van der Waals surface area contributed by atoms with Crippen molar-refractivity contribution in [3.63, 3.8) is 0 Å². The molecule has 2 aliphatic rings. The summed E-state index contributed by atoms with van der Waals surface area (Å²) in [7, 11) is 0. The van der Waals surface area contributed by atoms with Crippen LogP contribution in [0.3, 0.4) is 0 Å². The van der Waals surface area contributed by atoms with Gasteiger partial charge in [-0.2, -0.15) is 0 Å². The standard InChI is InChI=1S/C15H17NO4/c1-8-4-2-3-5-9(8)16-14(17)12-10-6-7-11(20-10)13(12)15(18)19/h2-5,10-13H,6-7H2,1H3,(H,16,17)(H,18,19)/t10-,11+,12+,13+/m1/s1. The van der Waals surface area contributed by atoms with Crippen LogP contribution in [0.2, 0.25) is 0 Å². The third-order valence-corrected chi connectivity index (χ3v) is 4.26. The Balaban J connectivity index is 1.80. The first-order chi connectivity index (χ1) is 9.58. The average Bonchev–Trinajstić information content (AvgIpc) is 3.01. The van der Waals surface area contributed by atoms with E-state index in [9.17, 15) is 14.7 Å². The highest BCUT2D eigenvalue weighted by atomic mass is 16.5. The Kier molecular flexibility index (Phi) is 3.22. The van der Waals surface area contributed by atoms with Gasteiger partial charge in [-0.3, -0.25) is 9.59 Å². The minimum atomic E-state index is -0.942. The first-order valence-electron chi connectivity index (χ1n) is 6.82. The number of carboxylic acids is 1. The molecule has 2 saturated heterocycles. The SMILES string of the molecule is Cc1ccccc1NC(=O)[C@@H]1[C@@H](C(=O)O)[C@@H]2CC[C@H]1O2. The van der Waals surface area contributed by atoms with Gasteiger partial charge in [0.15, 0.2) is 0 Å². The average molecular weight is 275 g/mol. The number of rotatable bonds is 3. The van der Waals surface area contributed by atoms with Crippen molar-refractivity contribution in [2.24, 2.45) is 11.8 Å². The van der Waals surface area contributed by atoms with E-state index in [4.69, 9.17) is 4.74 Å². The van der Waals surface area contributed by atoms with Gasteiger partial charge in [0.05, 0.1) is 24.0 Å². The van der Waals surface area contributed by atoms with Crippen molar-refractivity contribution in [2.45, 2.75) is 32.0 Å². The number of carbonyl (C=O) groups excluding carboxylic acids is 1. The van der Waals surface area contributed by atoms with Crippen LogP contribution in [0.1, 0.15) is 18.4 Å². The molecular formula is C15H17NO4. The fraction of sp³-hybridized carbons (Fsp3) is 0.467. The number of amides is 1. The lowest BCUT2D eigenvalue weighted by atomic mass is 9.78. The van der Waals surface area contributed by atoms with Crippen LogP contribution in [0.4, 0.5) is 5.69 Å². The maximum absolute atomic E-state index is 12.4. The second-order valence-electron chi connectivity index (χ2n) is 5.48. The fourth-order valence-corrected chi connectivity index (χ4v) is 3.25. The lowest BCUT2D eigenvalue weighted by Crippen LogP contribution is -2.41. The molecule has 0 aliphatic carbocycles. The fourth-order valence-electron chi connectivity index (χ4n) is 3.25. The molecule has 106 valence electrons. The van der Waals surface area contributed by atoms with Gasteiger partial charge in [0.1, 0.15) is 0 Å². The Morgan fingerprint density at radius 1 is 1.20 bits per heavy atom. The molecule has 0 aromatic heterocycles. The van der Waals surface area contributed by atoms with E-state index in [0.29, 0.717) is 0 Å². The van der Waals surface area contributed by atoms with Gasteiger partial charge in [0, 0.05) is 5.69 Å². The first kappa shape index (κ1) is 13.1. The number of carboxylic acid groups (broad SMARTS) is 1. The summed E-state index contributed by atoms with van der Waals surface area (Å²) in [4.78, 5) is 23.8. The zero-order valence-electron chi connectivity index (χ0n) is 11.2. The molecule has 0 saturated carbocycles. The summed E-state index contributed by atoms with van der Waals surface area (Å²) >= 11 is 0. The van der Waals surface area contributed by atoms with Gasteiger partial charge in [-0.1, -0.05) is 18.2 Å². The van der Waals surface area contributed by atoms with Crippen LogP contribution in [0.5, 0.6) is 0 Å². The summed E-state index contributed by atoms with van der Waals surface area (Å²) in [6.07, 6.45) is 0.922. The summed E-state index contributed by atoms with van der Waals surface area (Å²) in [5.74, 6) is -2.51. The topological polar surface area (TPSA) is 75.6 Å². The highest BCUT2D eigenvalue weighted by Gasteiger charge is 2.55. The normalized spacial score (nSPS) is 31.2. The van der Waals surface area contributed by atoms with Crippen LogP contribution in [-0.2, 0) is 14.3 Å². The first-order valence-corrected chi connectivity index (χ1v) is 6.82. The van der Waals surface area contributed by atoms with Crippen LogP contribution in [-0.4, -0.2) is 29.2 Å². The molecule has 0 radical (unpaired) electrons. The van der Waals surface area contributed by atoms with Crippen molar-refractivity contribution in [1.29, 1.82) is 0 Å². The minimum Gasteiger partial charge on any atom is -0.481 e. The molecule has 1 aromatic carbocycles. The van der Waals surface area contributed by atoms with Crippen LogP contribution in [0, 0.1) is 18.8 Å². The Morgan fingerprint density at radius 3 is 2.50 bits per heavy atom. The molecule has 2 heterocycles. The summed E-state index contributed by atoms with van der Waals surface area (Å²) < 4.78 is 5.61. The van der Waals surface area contributed by atoms with Gasteiger partial charge >= 0.3 is 5.97 Å². The molecule has 1 amide bonds. The van der Waals surface area contributed by atoms with E-state index in [-0.39, 0.29) is 18.1 Å². The van der Waals surface area contributed by atoms with Gasteiger partial charge < -0.3 is 15.2 Å². The molecular weight excluding hydrogens is 258 g/mol. The monoisotopic (exact) mass is 275 g/mol. The molecule has 2 N–H and O–H groups in total. The summed E-state index contributed by atoms with van der Waals surface area (Å²) in [5, 5.41) is 12.2. The van der Waals surface area contributed by atoms with Crippen LogP contribution in [0.15, 0.2) is 24.3 Å². The molecule has 1 aromatic rings. The van der Waals surface area contributed by atoms with Gasteiger partial charge in [-0.15, -0.1) is 0 Å². The molecule has 20 heavy (non-hydrogen) atoms. The van der Waals surface area contributed by atoms with E-state index < -0.39 is 17.8 Å². The van der Waals surface area contributed by atoms with Crippen molar-refractivity contribution in [1.82, 2.24) is 0 Å². The second-order valence-corrected chi connectivity index (χ2v) is 5.48. The number of hydrogen-bond acceptors (Lipinski definition) is 3. The number of fused-ring (bicyclic) bond motifs is 2. The predicted octanol–water partition coefficient (Wildman–Crippen LogP) is 1.81. The number of aryl methyl sites for hydroxylation is 1. The Labute approximate surface area is 116 Å². The number of hydrogen-bond donors (Lipinski definition) is 2. The van der Waals surface area contributed by atoms with E-state index in [2.05, 4.69) is 5.32 Å². The zero-order chi connectivity index (χ0) is 14.3. The van der Waals surface area contributed by atoms with Crippen molar-refractivity contribution >= 4 is 17.6 Å². The van der Waals surface area contributed by atoms with Crippen LogP contribution >= 0.6 is 0 Å². The highest BCUT2D eigenvalue weighted by molar-refractivity contribution is 5.96. The Morgan fingerprint density at radius 2 is 1.85 bits per heavy atom. The van der Waals surface area contributed by atoms with E-state index in [1.807, 2.05) is 31.2 Å². The Bertz CT molecular complexity index is 557. The van der Waals surface area contributed by atoms with E-state index in [0.717, 1.165) is 24.1 Å². The maximum atomic E-state index is 12.4. The smallest absolute Gasteiger partial charge is 0.310 e. The zero-order valence-corrected chi connectivity index (χ0v) is 11.2. The van der Waals surface area contributed by atoms with Crippen LogP contribution in [0.25, 0.3) is 0 Å². The molecule has 3 rings (SSSR count). The number of para-hydroxylation sites is 1. The third kappa shape index (κ3) is 2.08. The van der Waals surface area contributed by atoms with Crippen molar-refractivity contribution in [3.05, 3.63) is 29.8 Å². The van der Waals surface area contributed by atoms with Gasteiger partial charge in [-0.05, 0) is 31.4 Å². The maximum Gasteiger partial charge on any atom is 0.310 e. The Hall–Kier alpha value is -1.88. The van der Waals surface area contributed by atoms with Crippen LogP contribution < -0.4 is 5.32 Å². The number of ether oxygens (including phenoxy) is 1. The second kappa shape index (κ2) is 4.90. The lowest BCUT2D eigenvalue weighted by Gasteiger charge is -2.24. The predicted molar refractivity (Wildman–Crippen MR) is 72.3 cm³/mol. The van der Waals surface area contributed by atoms with Crippen molar-refractivity contribution < 1.29 is 19.4 Å². The minimum absolute atomic E-state index is 0.251. The molecule has 0 spiro atoms. The largest absolute Gasteiger partial charge is 0.481 e. The molecule has 4 atom stereocenters. The van der Waals surface area contributed by atoms with E-state index >= 15 is 0 Å². The van der Waals surface area contributed by atoms with Crippen molar-refractivity contribution in [3.8, 4) is 0 Å². The van der Waals surface area contributed by atoms with Crippen molar-refractivity contribution in [2.75, 3.05) is 5.32 Å². The number of carbonyl (C=O) groups is 2. The highest BCUT2D eigenvalue weighted by Crippen LogP contribution is 2.44. The number of nitrogens with one attached hydrogen (secondary N) is 1. The number of aliphatic carboxylic acids is 1. The van der Waals surface area contributed by atoms with Gasteiger partial charge in [-0.25, -0.2) is 0 Å². The molecule has 2 fully saturated rings. The van der Waals surface area contributed by atoms with E-state index in [1.165, 1.54) is 0 Å². The molecule has 2 aliphatic heterocycles. The lowest BCUT2D eigenvalue weighted by molar-refractivity contribution is -0.147.